The van der Waals surface area contributed by atoms with Crippen molar-refractivity contribution in [3.8, 4) is 0 Å². The molecule has 7 nitrogen and oxygen atoms in total. The zero-order chi connectivity index (χ0) is 16.9. The van der Waals surface area contributed by atoms with E-state index >= 15 is 0 Å². The molecule has 1 aliphatic rings. The third-order valence-electron chi connectivity index (χ3n) is 3.95. The van der Waals surface area contributed by atoms with Crippen molar-refractivity contribution in [3.63, 3.8) is 0 Å². The molecule has 3 aromatic rings. The van der Waals surface area contributed by atoms with Gasteiger partial charge in [-0.1, -0.05) is 6.07 Å². The van der Waals surface area contributed by atoms with Crippen molar-refractivity contribution in [3.05, 3.63) is 66.9 Å². The second-order valence-electron chi connectivity index (χ2n) is 5.67. The predicted octanol–water partition coefficient (Wildman–Crippen LogP) is 2.59. The molecule has 4 rings (SSSR count). The van der Waals surface area contributed by atoms with E-state index in [1.165, 1.54) is 0 Å². The molecule has 0 aliphatic carbocycles. The van der Waals surface area contributed by atoms with E-state index in [2.05, 4.69) is 30.2 Å². The van der Waals surface area contributed by atoms with Gasteiger partial charge in [0, 0.05) is 25.1 Å². The number of hydrogen-bond acceptors (Lipinski definition) is 7. The third-order valence-corrected chi connectivity index (χ3v) is 3.95. The van der Waals surface area contributed by atoms with Crippen molar-refractivity contribution in [1.82, 2.24) is 19.9 Å². The van der Waals surface area contributed by atoms with Crippen molar-refractivity contribution < 1.29 is 4.74 Å². The van der Waals surface area contributed by atoms with Gasteiger partial charge in [0.2, 0.25) is 5.95 Å². The highest BCUT2D eigenvalue weighted by Gasteiger charge is 2.24. The molecule has 3 aromatic heterocycles. The van der Waals surface area contributed by atoms with Gasteiger partial charge in [-0.25, -0.2) is 15.0 Å². The highest BCUT2D eigenvalue weighted by atomic mass is 16.5. The Morgan fingerprint density at radius 1 is 0.960 bits per heavy atom. The van der Waals surface area contributed by atoms with Crippen LogP contribution in [-0.2, 0) is 4.74 Å². The fourth-order valence-electron chi connectivity index (χ4n) is 2.72. The Hall–Kier alpha value is -3.06. The molecule has 1 unspecified atom stereocenters. The first-order valence-electron chi connectivity index (χ1n) is 8.16. The van der Waals surface area contributed by atoms with Gasteiger partial charge in [-0.15, -0.1) is 0 Å². The second-order valence-corrected chi connectivity index (χ2v) is 5.67. The molecule has 1 atom stereocenters. The van der Waals surface area contributed by atoms with Crippen molar-refractivity contribution in [2.75, 3.05) is 29.9 Å². The van der Waals surface area contributed by atoms with Crippen LogP contribution in [0, 0.1) is 0 Å². The Balaban J connectivity index is 1.44. The molecule has 4 heterocycles. The molecule has 7 heteroatoms. The Morgan fingerprint density at radius 3 is 2.60 bits per heavy atom. The first-order valence-corrected chi connectivity index (χ1v) is 8.16. The Bertz CT molecular complexity index is 797. The van der Waals surface area contributed by atoms with Crippen molar-refractivity contribution in [2.24, 2.45) is 0 Å². The molecule has 0 saturated carbocycles. The number of aromatic nitrogens is 4. The van der Waals surface area contributed by atoms with Crippen molar-refractivity contribution >= 4 is 17.5 Å². The van der Waals surface area contributed by atoms with Crippen LogP contribution in [0.25, 0.3) is 0 Å². The first-order chi connectivity index (χ1) is 12.4. The van der Waals surface area contributed by atoms with Gasteiger partial charge >= 0.3 is 0 Å². The van der Waals surface area contributed by atoms with Crippen LogP contribution in [0.2, 0.25) is 0 Å². The largest absolute Gasteiger partial charge is 0.368 e. The van der Waals surface area contributed by atoms with Gasteiger partial charge < -0.3 is 15.0 Å². The topological polar surface area (TPSA) is 76.1 Å². The van der Waals surface area contributed by atoms with Crippen LogP contribution in [0.4, 0.5) is 17.5 Å². The van der Waals surface area contributed by atoms with Crippen LogP contribution < -0.4 is 10.2 Å². The van der Waals surface area contributed by atoms with E-state index in [-0.39, 0.29) is 6.10 Å². The maximum absolute atomic E-state index is 5.88. The SMILES string of the molecule is c1ccc(Nc2ccc(C3CN(c4ncccn4)CCO3)nc2)nc1. The van der Waals surface area contributed by atoms with Gasteiger partial charge in [0.25, 0.3) is 0 Å². The van der Waals surface area contributed by atoms with Crippen LogP contribution in [-0.4, -0.2) is 39.6 Å². The molecule has 1 N–H and O–H groups in total. The molecule has 1 saturated heterocycles. The minimum absolute atomic E-state index is 0.0959. The monoisotopic (exact) mass is 334 g/mol. The number of nitrogens with one attached hydrogen (secondary N) is 1. The predicted molar refractivity (Wildman–Crippen MR) is 94.7 cm³/mol. The Labute approximate surface area is 145 Å². The van der Waals surface area contributed by atoms with Gasteiger partial charge in [-0.2, -0.15) is 0 Å². The molecule has 0 spiro atoms. The van der Waals surface area contributed by atoms with E-state index in [0.29, 0.717) is 13.2 Å². The second kappa shape index (κ2) is 7.23. The zero-order valence-electron chi connectivity index (χ0n) is 13.6. The summed E-state index contributed by atoms with van der Waals surface area (Å²) in [7, 11) is 0. The molecule has 0 aromatic carbocycles. The smallest absolute Gasteiger partial charge is 0.225 e. The molecule has 0 radical (unpaired) electrons. The lowest BCUT2D eigenvalue weighted by atomic mass is 10.2. The zero-order valence-corrected chi connectivity index (χ0v) is 13.6. The maximum Gasteiger partial charge on any atom is 0.225 e. The number of ether oxygens (including phenoxy) is 1. The van der Waals surface area contributed by atoms with Crippen LogP contribution >= 0.6 is 0 Å². The van der Waals surface area contributed by atoms with E-state index in [9.17, 15) is 0 Å². The summed E-state index contributed by atoms with van der Waals surface area (Å²) in [4.78, 5) is 19.5. The number of hydrogen-bond donors (Lipinski definition) is 1. The summed E-state index contributed by atoms with van der Waals surface area (Å²) >= 11 is 0. The normalized spacial score (nSPS) is 17.3. The minimum Gasteiger partial charge on any atom is -0.368 e. The number of pyridine rings is 2. The summed E-state index contributed by atoms with van der Waals surface area (Å²) in [6.45, 7) is 2.09. The van der Waals surface area contributed by atoms with Crippen LogP contribution in [0.5, 0.6) is 0 Å². The molecule has 25 heavy (non-hydrogen) atoms. The highest BCUT2D eigenvalue weighted by molar-refractivity contribution is 5.54. The molecule has 0 bridgehead atoms. The number of rotatable bonds is 4. The van der Waals surface area contributed by atoms with Crippen LogP contribution in [0.3, 0.4) is 0 Å². The molecular weight excluding hydrogens is 316 g/mol. The standard InChI is InChI=1S/C18H18N6O/c1-2-7-19-17(4-1)23-14-5-6-15(22-12-14)16-13-24(10-11-25-16)18-20-8-3-9-21-18/h1-9,12,16H,10-11,13H2,(H,19,23). The van der Waals surface area contributed by atoms with Gasteiger partial charge in [0.1, 0.15) is 11.9 Å². The summed E-state index contributed by atoms with van der Waals surface area (Å²) in [5.41, 5.74) is 1.79. The minimum atomic E-state index is -0.0959. The summed E-state index contributed by atoms with van der Waals surface area (Å²) < 4.78 is 5.88. The van der Waals surface area contributed by atoms with E-state index in [4.69, 9.17) is 4.74 Å². The van der Waals surface area contributed by atoms with Crippen molar-refractivity contribution in [2.45, 2.75) is 6.10 Å². The molecular formula is C18H18N6O. The first kappa shape index (κ1) is 15.5. The van der Waals surface area contributed by atoms with Crippen LogP contribution in [0.15, 0.2) is 61.2 Å². The fraction of sp³-hybridized carbons (Fsp3) is 0.222. The third kappa shape index (κ3) is 3.72. The molecule has 1 fully saturated rings. The summed E-state index contributed by atoms with van der Waals surface area (Å²) in [5, 5.41) is 3.22. The maximum atomic E-state index is 5.88. The van der Waals surface area contributed by atoms with Crippen LogP contribution in [0.1, 0.15) is 11.8 Å². The lowest BCUT2D eigenvalue weighted by molar-refractivity contribution is 0.0365. The van der Waals surface area contributed by atoms with E-state index in [1.807, 2.05) is 36.4 Å². The molecule has 0 amide bonds. The number of nitrogens with zero attached hydrogens (tertiary/aromatic N) is 5. The quantitative estimate of drug-likeness (QED) is 0.786. The van der Waals surface area contributed by atoms with Gasteiger partial charge in [0.05, 0.1) is 30.7 Å². The summed E-state index contributed by atoms with van der Waals surface area (Å²) in [6.07, 6.45) is 6.96. The number of morpholine rings is 1. The number of anilines is 3. The Kier molecular flexibility index (Phi) is 4.47. The summed E-state index contributed by atoms with van der Waals surface area (Å²) in [5.74, 6) is 1.52. The van der Waals surface area contributed by atoms with Gasteiger partial charge in [-0.05, 0) is 30.3 Å². The van der Waals surface area contributed by atoms with E-state index < -0.39 is 0 Å². The Morgan fingerprint density at radius 2 is 1.84 bits per heavy atom. The molecule has 126 valence electrons. The lowest BCUT2D eigenvalue weighted by Gasteiger charge is -2.32. The fourth-order valence-corrected chi connectivity index (χ4v) is 2.72. The average molecular weight is 334 g/mol. The average Bonchev–Trinajstić information content (AvgIpc) is 2.70. The highest BCUT2D eigenvalue weighted by Crippen LogP contribution is 2.24. The van der Waals surface area contributed by atoms with Crippen molar-refractivity contribution in [1.29, 1.82) is 0 Å². The van der Waals surface area contributed by atoms with E-state index in [0.717, 1.165) is 29.7 Å². The van der Waals surface area contributed by atoms with Gasteiger partial charge in [0.15, 0.2) is 0 Å². The summed E-state index contributed by atoms with van der Waals surface area (Å²) in [6, 6.07) is 11.5. The van der Waals surface area contributed by atoms with E-state index in [1.54, 1.807) is 24.8 Å². The van der Waals surface area contributed by atoms with Gasteiger partial charge in [-0.3, -0.25) is 4.98 Å². The molecule has 1 aliphatic heterocycles. The lowest BCUT2D eigenvalue weighted by Crippen LogP contribution is -2.39.